The molecule has 3 aliphatic rings. The van der Waals surface area contributed by atoms with Gasteiger partial charge < -0.3 is 10.6 Å². The molecule has 1 heterocycles. The van der Waals surface area contributed by atoms with Gasteiger partial charge >= 0.3 is 0 Å². The summed E-state index contributed by atoms with van der Waals surface area (Å²) in [6.45, 7) is 7.88. The van der Waals surface area contributed by atoms with Crippen molar-refractivity contribution in [1.82, 2.24) is 10.6 Å². The molecule has 6 unspecified atom stereocenters. The monoisotopic (exact) mass is 368 g/mol. The van der Waals surface area contributed by atoms with E-state index in [2.05, 4.69) is 61.7 Å². The van der Waals surface area contributed by atoms with Crippen molar-refractivity contribution in [2.75, 3.05) is 6.54 Å². The third-order valence-corrected chi connectivity index (χ3v) is 7.52. The summed E-state index contributed by atoms with van der Waals surface area (Å²) in [5.74, 6) is 1.73. The third kappa shape index (κ3) is 3.81. The minimum absolute atomic E-state index is 0.176. The van der Waals surface area contributed by atoms with Crippen LogP contribution in [0.15, 0.2) is 30.3 Å². The molecule has 2 saturated carbocycles. The summed E-state index contributed by atoms with van der Waals surface area (Å²) in [6, 6.07) is 11.9. The molecule has 4 rings (SSSR count). The second-order valence-electron chi connectivity index (χ2n) is 10.3. The molecule has 148 valence electrons. The lowest BCUT2D eigenvalue weighted by molar-refractivity contribution is -0.137. The Bertz CT molecular complexity index is 670. The van der Waals surface area contributed by atoms with E-state index in [9.17, 15) is 4.79 Å². The summed E-state index contributed by atoms with van der Waals surface area (Å²) in [7, 11) is 0. The van der Waals surface area contributed by atoms with Crippen LogP contribution in [0.4, 0.5) is 0 Å². The Kier molecular flexibility index (Phi) is 5.09. The Morgan fingerprint density at radius 2 is 1.89 bits per heavy atom. The van der Waals surface area contributed by atoms with Crippen LogP contribution in [0, 0.1) is 17.3 Å². The van der Waals surface area contributed by atoms with Crippen LogP contribution in [0.2, 0.25) is 0 Å². The zero-order valence-electron chi connectivity index (χ0n) is 17.3. The lowest BCUT2D eigenvalue weighted by Crippen LogP contribution is -2.55. The highest BCUT2D eigenvalue weighted by Gasteiger charge is 2.53. The van der Waals surface area contributed by atoms with Crippen LogP contribution in [0.25, 0.3) is 0 Å². The minimum atomic E-state index is -0.243. The summed E-state index contributed by atoms with van der Waals surface area (Å²) in [4.78, 5) is 13.4. The van der Waals surface area contributed by atoms with Crippen molar-refractivity contribution >= 4 is 5.91 Å². The maximum absolute atomic E-state index is 13.4. The number of rotatable bonds is 3. The number of nitrogens with one attached hydrogen (secondary N) is 2. The van der Waals surface area contributed by atoms with Crippen LogP contribution in [0.3, 0.4) is 0 Å². The first-order valence-corrected chi connectivity index (χ1v) is 11.0. The number of hydrogen-bond donors (Lipinski definition) is 2. The molecule has 1 saturated heterocycles. The van der Waals surface area contributed by atoms with Crippen molar-refractivity contribution in [2.24, 2.45) is 17.3 Å². The van der Waals surface area contributed by atoms with E-state index in [-0.39, 0.29) is 10.8 Å². The Labute approximate surface area is 164 Å². The van der Waals surface area contributed by atoms with Gasteiger partial charge in [-0.15, -0.1) is 0 Å². The van der Waals surface area contributed by atoms with Crippen molar-refractivity contribution in [3.8, 4) is 0 Å². The highest BCUT2D eigenvalue weighted by Crippen LogP contribution is 2.58. The van der Waals surface area contributed by atoms with E-state index in [0.717, 1.165) is 38.1 Å². The topological polar surface area (TPSA) is 41.1 Å². The predicted molar refractivity (Wildman–Crippen MR) is 111 cm³/mol. The van der Waals surface area contributed by atoms with E-state index in [1.807, 2.05) is 0 Å². The van der Waals surface area contributed by atoms with E-state index in [4.69, 9.17) is 0 Å². The van der Waals surface area contributed by atoms with Crippen molar-refractivity contribution in [2.45, 2.75) is 83.2 Å². The molecule has 1 aromatic rings. The SMILES string of the molecule is CC1CC2CC(C)(C(=O)NC3CCNC(C)C3)CC(c3ccccc3)(C1)C2. The number of amides is 1. The summed E-state index contributed by atoms with van der Waals surface area (Å²) >= 11 is 0. The molecule has 2 N–H and O–H groups in total. The van der Waals surface area contributed by atoms with Crippen molar-refractivity contribution < 1.29 is 4.79 Å². The molecule has 0 aromatic heterocycles. The third-order valence-electron chi connectivity index (χ3n) is 7.52. The van der Waals surface area contributed by atoms with Crippen molar-refractivity contribution in [3.63, 3.8) is 0 Å². The highest BCUT2D eigenvalue weighted by atomic mass is 16.2. The zero-order chi connectivity index (χ0) is 19.1. The Morgan fingerprint density at radius 3 is 2.63 bits per heavy atom. The molecule has 3 heteroatoms. The Morgan fingerprint density at radius 1 is 1.11 bits per heavy atom. The molecular weight excluding hydrogens is 332 g/mol. The Hall–Kier alpha value is -1.35. The van der Waals surface area contributed by atoms with Gasteiger partial charge in [-0.05, 0) is 81.2 Å². The standard InChI is InChI=1S/C24H36N2O/c1-17-11-19-14-23(3,22(27)26-21-9-10-25-18(2)12-21)16-24(13-17,15-19)20-7-5-4-6-8-20/h4-8,17-19,21,25H,9-16H2,1-3H3,(H,26,27). The molecule has 3 nitrogen and oxygen atoms in total. The van der Waals surface area contributed by atoms with E-state index in [1.165, 1.54) is 24.8 Å². The van der Waals surface area contributed by atoms with Gasteiger partial charge in [0.15, 0.2) is 0 Å². The molecule has 1 aliphatic heterocycles. The van der Waals surface area contributed by atoms with Crippen molar-refractivity contribution in [3.05, 3.63) is 35.9 Å². The maximum atomic E-state index is 13.4. The van der Waals surface area contributed by atoms with E-state index < -0.39 is 0 Å². The number of benzene rings is 1. The first-order valence-electron chi connectivity index (χ1n) is 11.0. The van der Waals surface area contributed by atoms with Crippen LogP contribution < -0.4 is 10.6 Å². The fraction of sp³-hybridized carbons (Fsp3) is 0.708. The maximum Gasteiger partial charge on any atom is 0.226 e. The first kappa shape index (κ1) is 19.0. The normalized spacial score (nSPS) is 41.7. The van der Waals surface area contributed by atoms with Crippen LogP contribution in [-0.2, 0) is 10.2 Å². The molecule has 6 atom stereocenters. The summed E-state index contributed by atoms with van der Waals surface area (Å²) in [5.41, 5.74) is 1.39. The van der Waals surface area contributed by atoms with Crippen LogP contribution in [-0.4, -0.2) is 24.5 Å². The second kappa shape index (κ2) is 7.24. The molecule has 0 radical (unpaired) electrons. The molecule has 3 fully saturated rings. The molecule has 1 aromatic carbocycles. The average molecular weight is 369 g/mol. The molecule has 2 bridgehead atoms. The minimum Gasteiger partial charge on any atom is -0.353 e. The van der Waals surface area contributed by atoms with Crippen LogP contribution >= 0.6 is 0 Å². The lowest BCUT2D eigenvalue weighted by atomic mass is 9.50. The average Bonchev–Trinajstić information content (AvgIpc) is 2.61. The lowest BCUT2D eigenvalue weighted by Gasteiger charge is -2.54. The van der Waals surface area contributed by atoms with Gasteiger partial charge in [0, 0.05) is 17.5 Å². The van der Waals surface area contributed by atoms with E-state index >= 15 is 0 Å². The van der Waals surface area contributed by atoms with Gasteiger partial charge in [-0.3, -0.25) is 4.79 Å². The summed E-state index contributed by atoms with van der Waals surface area (Å²) in [5, 5.41) is 6.94. The molecule has 1 amide bonds. The Balaban J connectivity index is 1.57. The summed E-state index contributed by atoms with van der Waals surface area (Å²) < 4.78 is 0. The van der Waals surface area contributed by atoms with Gasteiger partial charge in [0.05, 0.1) is 0 Å². The van der Waals surface area contributed by atoms with Gasteiger partial charge in [-0.2, -0.15) is 0 Å². The number of carbonyl (C=O) groups excluding carboxylic acids is 1. The molecule has 0 spiro atoms. The number of carbonyl (C=O) groups is 1. The molecule has 27 heavy (non-hydrogen) atoms. The molecular formula is C24H36N2O. The van der Waals surface area contributed by atoms with Crippen LogP contribution in [0.1, 0.15) is 71.3 Å². The second-order valence-corrected chi connectivity index (χ2v) is 10.3. The van der Waals surface area contributed by atoms with Crippen molar-refractivity contribution in [1.29, 1.82) is 0 Å². The number of fused-ring (bicyclic) bond motifs is 2. The highest BCUT2D eigenvalue weighted by molar-refractivity contribution is 5.83. The number of piperidine rings is 1. The smallest absolute Gasteiger partial charge is 0.226 e. The van der Waals surface area contributed by atoms with E-state index in [0.29, 0.717) is 23.9 Å². The fourth-order valence-electron chi connectivity index (χ4n) is 6.72. The molecule has 2 aliphatic carbocycles. The largest absolute Gasteiger partial charge is 0.353 e. The van der Waals surface area contributed by atoms with E-state index in [1.54, 1.807) is 0 Å². The fourth-order valence-corrected chi connectivity index (χ4v) is 6.72. The zero-order valence-corrected chi connectivity index (χ0v) is 17.3. The predicted octanol–water partition coefficient (Wildman–Crippen LogP) is 4.42. The van der Waals surface area contributed by atoms with Gasteiger partial charge in [0.25, 0.3) is 0 Å². The summed E-state index contributed by atoms with van der Waals surface area (Å²) in [6.07, 6.45) is 7.91. The van der Waals surface area contributed by atoms with Gasteiger partial charge in [-0.25, -0.2) is 0 Å². The number of hydrogen-bond acceptors (Lipinski definition) is 2. The van der Waals surface area contributed by atoms with Crippen LogP contribution in [0.5, 0.6) is 0 Å². The first-order chi connectivity index (χ1) is 12.9. The quantitative estimate of drug-likeness (QED) is 0.829. The van der Waals surface area contributed by atoms with Gasteiger partial charge in [-0.1, -0.05) is 44.2 Å². The van der Waals surface area contributed by atoms with Gasteiger partial charge in [0.2, 0.25) is 5.91 Å². The van der Waals surface area contributed by atoms with Gasteiger partial charge in [0.1, 0.15) is 0 Å².